The van der Waals surface area contributed by atoms with Crippen LogP contribution >= 0.6 is 0 Å². The molecule has 6 heteroatoms. The van der Waals surface area contributed by atoms with Crippen molar-refractivity contribution in [3.63, 3.8) is 0 Å². The molecule has 0 amide bonds. The zero-order valence-corrected chi connectivity index (χ0v) is 14.7. The van der Waals surface area contributed by atoms with Gasteiger partial charge in [0.1, 0.15) is 0 Å². The van der Waals surface area contributed by atoms with E-state index in [1.54, 1.807) is 0 Å². The van der Waals surface area contributed by atoms with Crippen LogP contribution in [0.4, 0.5) is 0 Å². The molecule has 1 fully saturated rings. The Bertz CT molecular complexity index is 613. The smallest absolute Gasteiger partial charge is 0.229 e. The molecule has 6 nitrogen and oxygen atoms in total. The summed E-state index contributed by atoms with van der Waals surface area (Å²) < 4.78 is 5.30. The molecule has 1 aliphatic heterocycles. The SMILES string of the molecule is CC(C)c1nc(CN2CCCN(CCc3ccncc3)CC2)no1. The molecule has 0 bridgehead atoms. The van der Waals surface area contributed by atoms with Crippen molar-refractivity contribution in [2.24, 2.45) is 0 Å². The number of hydrogen-bond donors (Lipinski definition) is 0. The maximum absolute atomic E-state index is 5.30. The maximum atomic E-state index is 5.30. The summed E-state index contributed by atoms with van der Waals surface area (Å²) in [6.07, 6.45) is 6.02. The first-order chi connectivity index (χ1) is 11.7. The summed E-state index contributed by atoms with van der Waals surface area (Å²) in [4.78, 5) is 13.6. The first-order valence-corrected chi connectivity index (χ1v) is 8.87. The topological polar surface area (TPSA) is 58.3 Å². The summed E-state index contributed by atoms with van der Waals surface area (Å²) in [5.74, 6) is 1.83. The molecule has 0 spiro atoms. The second kappa shape index (κ2) is 8.35. The van der Waals surface area contributed by atoms with Gasteiger partial charge in [-0.2, -0.15) is 4.98 Å². The lowest BCUT2D eigenvalue weighted by atomic mass is 10.2. The molecule has 0 aromatic carbocycles. The fourth-order valence-corrected chi connectivity index (χ4v) is 3.01. The van der Waals surface area contributed by atoms with E-state index in [1.807, 2.05) is 12.4 Å². The van der Waals surface area contributed by atoms with Gasteiger partial charge in [0.2, 0.25) is 5.89 Å². The Morgan fingerprint density at radius 2 is 1.83 bits per heavy atom. The number of rotatable bonds is 6. The highest BCUT2D eigenvalue weighted by atomic mass is 16.5. The molecular weight excluding hydrogens is 302 g/mol. The molecule has 1 saturated heterocycles. The van der Waals surface area contributed by atoms with Crippen LogP contribution in [0.15, 0.2) is 29.0 Å². The van der Waals surface area contributed by atoms with Crippen LogP contribution < -0.4 is 0 Å². The molecular formula is C18H27N5O. The van der Waals surface area contributed by atoms with Crippen molar-refractivity contribution in [3.8, 4) is 0 Å². The molecule has 0 aliphatic carbocycles. The minimum atomic E-state index is 0.291. The van der Waals surface area contributed by atoms with Crippen molar-refractivity contribution in [1.29, 1.82) is 0 Å². The van der Waals surface area contributed by atoms with Crippen molar-refractivity contribution >= 4 is 0 Å². The van der Waals surface area contributed by atoms with Gasteiger partial charge in [0.15, 0.2) is 5.82 Å². The number of nitrogens with zero attached hydrogens (tertiary/aromatic N) is 5. The van der Waals surface area contributed by atoms with Crippen LogP contribution in [0, 0.1) is 0 Å². The fraction of sp³-hybridized carbons (Fsp3) is 0.611. The molecule has 1 aliphatic rings. The van der Waals surface area contributed by atoms with Crippen molar-refractivity contribution in [2.75, 3.05) is 32.7 Å². The average Bonchev–Trinajstić information content (AvgIpc) is 2.95. The Balaban J connectivity index is 1.46. The average molecular weight is 329 g/mol. The van der Waals surface area contributed by atoms with E-state index >= 15 is 0 Å². The Labute approximate surface area is 143 Å². The summed E-state index contributed by atoms with van der Waals surface area (Å²) in [7, 11) is 0. The van der Waals surface area contributed by atoms with Crippen LogP contribution in [-0.2, 0) is 13.0 Å². The zero-order valence-electron chi connectivity index (χ0n) is 14.7. The van der Waals surface area contributed by atoms with Crippen LogP contribution in [0.5, 0.6) is 0 Å². The van der Waals surface area contributed by atoms with Gasteiger partial charge >= 0.3 is 0 Å². The quantitative estimate of drug-likeness (QED) is 0.811. The van der Waals surface area contributed by atoms with Gasteiger partial charge in [-0.3, -0.25) is 9.88 Å². The van der Waals surface area contributed by atoms with Crippen molar-refractivity contribution < 1.29 is 4.52 Å². The summed E-state index contributed by atoms with van der Waals surface area (Å²) >= 11 is 0. The third-order valence-electron chi connectivity index (χ3n) is 4.49. The first kappa shape index (κ1) is 17.0. The molecule has 2 aromatic rings. The van der Waals surface area contributed by atoms with E-state index in [2.05, 4.69) is 50.9 Å². The molecule has 0 radical (unpaired) electrons. The van der Waals surface area contributed by atoms with Crippen LogP contribution in [0.25, 0.3) is 0 Å². The fourth-order valence-electron chi connectivity index (χ4n) is 3.01. The van der Waals surface area contributed by atoms with Gasteiger partial charge in [0.25, 0.3) is 0 Å². The van der Waals surface area contributed by atoms with Gasteiger partial charge in [-0.15, -0.1) is 0 Å². The van der Waals surface area contributed by atoms with Crippen LogP contribution in [0.3, 0.4) is 0 Å². The zero-order chi connectivity index (χ0) is 16.8. The Kier molecular flexibility index (Phi) is 5.93. The second-order valence-electron chi connectivity index (χ2n) is 6.78. The molecule has 0 unspecified atom stereocenters. The normalized spacial score (nSPS) is 17.3. The van der Waals surface area contributed by atoms with Gasteiger partial charge < -0.3 is 9.42 Å². The molecule has 24 heavy (non-hydrogen) atoms. The monoisotopic (exact) mass is 329 g/mol. The van der Waals surface area contributed by atoms with E-state index in [0.717, 1.165) is 57.4 Å². The molecule has 0 atom stereocenters. The van der Waals surface area contributed by atoms with E-state index in [1.165, 1.54) is 12.0 Å². The van der Waals surface area contributed by atoms with E-state index in [4.69, 9.17) is 4.52 Å². The van der Waals surface area contributed by atoms with Crippen molar-refractivity contribution in [3.05, 3.63) is 41.8 Å². The molecule has 3 heterocycles. The highest BCUT2D eigenvalue weighted by Gasteiger charge is 2.17. The van der Waals surface area contributed by atoms with Gasteiger partial charge in [0.05, 0.1) is 6.54 Å². The van der Waals surface area contributed by atoms with Crippen molar-refractivity contribution in [1.82, 2.24) is 24.9 Å². The number of pyridine rings is 1. The van der Waals surface area contributed by atoms with Crippen LogP contribution in [0.2, 0.25) is 0 Å². The van der Waals surface area contributed by atoms with E-state index in [-0.39, 0.29) is 0 Å². The predicted molar refractivity (Wildman–Crippen MR) is 92.7 cm³/mol. The largest absolute Gasteiger partial charge is 0.339 e. The Hall–Kier alpha value is -1.79. The predicted octanol–water partition coefficient (Wildman–Crippen LogP) is 2.34. The third-order valence-corrected chi connectivity index (χ3v) is 4.49. The lowest BCUT2D eigenvalue weighted by molar-refractivity contribution is 0.246. The third kappa shape index (κ3) is 4.85. The molecule has 0 N–H and O–H groups in total. The lowest BCUT2D eigenvalue weighted by Crippen LogP contribution is -2.32. The maximum Gasteiger partial charge on any atom is 0.229 e. The van der Waals surface area contributed by atoms with E-state index < -0.39 is 0 Å². The first-order valence-electron chi connectivity index (χ1n) is 8.87. The van der Waals surface area contributed by atoms with Gasteiger partial charge in [0, 0.05) is 37.9 Å². The second-order valence-corrected chi connectivity index (χ2v) is 6.78. The summed E-state index contributed by atoms with van der Waals surface area (Å²) in [5, 5.41) is 4.11. The lowest BCUT2D eigenvalue weighted by Gasteiger charge is -2.20. The minimum Gasteiger partial charge on any atom is -0.339 e. The highest BCUT2D eigenvalue weighted by molar-refractivity contribution is 5.09. The van der Waals surface area contributed by atoms with Crippen LogP contribution in [-0.4, -0.2) is 57.6 Å². The number of aromatic nitrogens is 3. The van der Waals surface area contributed by atoms with E-state index in [0.29, 0.717) is 5.92 Å². The number of hydrogen-bond acceptors (Lipinski definition) is 6. The van der Waals surface area contributed by atoms with Gasteiger partial charge in [-0.25, -0.2) is 0 Å². The Morgan fingerprint density at radius 1 is 1.08 bits per heavy atom. The molecule has 130 valence electrons. The van der Waals surface area contributed by atoms with E-state index in [9.17, 15) is 0 Å². The minimum absolute atomic E-state index is 0.291. The van der Waals surface area contributed by atoms with Crippen LogP contribution in [0.1, 0.15) is 43.5 Å². The summed E-state index contributed by atoms with van der Waals surface area (Å²) in [6, 6.07) is 4.21. The van der Waals surface area contributed by atoms with Gasteiger partial charge in [-0.1, -0.05) is 19.0 Å². The summed E-state index contributed by atoms with van der Waals surface area (Å²) in [6.45, 7) is 10.4. The van der Waals surface area contributed by atoms with Crippen molar-refractivity contribution in [2.45, 2.75) is 39.2 Å². The molecule has 3 rings (SSSR count). The molecule has 0 saturated carbocycles. The summed E-state index contributed by atoms with van der Waals surface area (Å²) in [5.41, 5.74) is 1.36. The van der Waals surface area contributed by atoms with Gasteiger partial charge in [-0.05, 0) is 43.6 Å². The molecule has 2 aromatic heterocycles. The standard InChI is InChI=1S/C18H27N5O/c1-15(2)18-20-17(21-24-18)14-23-10-3-9-22(12-13-23)11-6-16-4-7-19-8-5-16/h4-5,7-8,15H,3,6,9-14H2,1-2H3. The Morgan fingerprint density at radius 3 is 2.58 bits per heavy atom. The highest BCUT2D eigenvalue weighted by Crippen LogP contribution is 2.13.